The highest BCUT2D eigenvalue weighted by molar-refractivity contribution is 7.99. The number of rotatable bonds is 3. The summed E-state index contributed by atoms with van der Waals surface area (Å²) in [5.74, 6) is 0. The van der Waals surface area contributed by atoms with E-state index in [1.54, 1.807) is 22.6 Å². The predicted molar refractivity (Wildman–Crippen MR) is 59.2 cm³/mol. The first-order chi connectivity index (χ1) is 7.29. The quantitative estimate of drug-likeness (QED) is 0.742. The molecule has 0 aliphatic heterocycles. The molecule has 0 spiro atoms. The summed E-state index contributed by atoms with van der Waals surface area (Å²) in [4.78, 5) is 12.8. The van der Waals surface area contributed by atoms with Crippen LogP contribution in [0.3, 0.4) is 0 Å². The molecule has 1 aromatic heterocycles. The lowest BCUT2D eigenvalue weighted by Crippen LogP contribution is -1.84. The van der Waals surface area contributed by atoms with E-state index in [-0.39, 0.29) is 0 Å². The minimum Gasteiger partial charge on any atom is -0.298 e. The third-order valence-electron chi connectivity index (χ3n) is 1.95. The average molecular weight is 218 g/mol. The molecule has 3 nitrogen and oxygen atoms in total. The van der Waals surface area contributed by atoms with Crippen molar-refractivity contribution in [1.82, 2.24) is 9.78 Å². The third-order valence-corrected chi connectivity index (χ3v) is 2.99. The van der Waals surface area contributed by atoms with Crippen LogP contribution in [0.2, 0.25) is 0 Å². The van der Waals surface area contributed by atoms with Crippen LogP contribution < -0.4 is 0 Å². The van der Waals surface area contributed by atoms with Crippen LogP contribution in [-0.4, -0.2) is 16.1 Å². The van der Waals surface area contributed by atoms with E-state index in [1.807, 2.05) is 37.5 Å². The number of aromatic nitrogens is 2. The number of hydrogen-bond acceptors (Lipinski definition) is 3. The molecule has 0 atom stereocenters. The van der Waals surface area contributed by atoms with E-state index in [1.165, 1.54) is 0 Å². The van der Waals surface area contributed by atoms with Crippen LogP contribution in [0.15, 0.2) is 46.5 Å². The molecule has 2 rings (SSSR count). The lowest BCUT2D eigenvalue weighted by molar-refractivity contribution is 0.112. The number of benzene rings is 1. The predicted octanol–water partition coefficient (Wildman–Crippen LogP) is 2.38. The van der Waals surface area contributed by atoms with Crippen molar-refractivity contribution in [2.24, 2.45) is 7.05 Å². The molecule has 0 unspecified atom stereocenters. The Bertz CT molecular complexity index is 479. The fourth-order valence-corrected chi connectivity index (χ4v) is 2.19. The highest BCUT2D eigenvalue weighted by atomic mass is 32.2. The summed E-state index contributed by atoms with van der Waals surface area (Å²) < 4.78 is 1.74. The molecule has 1 heterocycles. The average Bonchev–Trinajstić information content (AvgIpc) is 2.65. The van der Waals surface area contributed by atoms with Crippen molar-refractivity contribution in [1.29, 1.82) is 0 Å². The molecule has 0 saturated heterocycles. The van der Waals surface area contributed by atoms with Gasteiger partial charge in [0.1, 0.15) is 0 Å². The van der Waals surface area contributed by atoms with Gasteiger partial charge in [0.2, 0.25) is 0 Å². The molecule has 15 heavy (non-hydrogen) atoms. The van der Waals surface area contributed by atoms with Crippen LogP contribution in [0.1, 0.15) is 10.4 Å². The van der Waals surface area contributed by atoms with Crippen molar-refractivity contribution in [2.45, 2.75) is 9.79 Å². The second-order valence-electron chi connectivity index (χ2n) is 3.11. The Hall–Kier alpha value is -1.55. The summed E-state index contributed by atoms with van der Waals surface area (Å²) in [6.45, 7) is 0. The molecule has 0 aliphatic rings. The van der Waals surface area contributed by atoms with Crippen molar-refractivity contribution >= 4 is 18.0 Å². The number of carbonyl (C=O) groups is 1. The van der Waals surface area contributed by atoms with Crippen molar-refractivity contribution in [3.63, 3.8) is 0 Å². The highest BCUT2D eigenvalue weighted by Crippen LogP contribution is 2.28. The summed E-state index contributed by atoms with van der Waals surface area (Å²) >= 11 is 1.55. The molecule has 2 aromatic rings. The molecule has 0 N–H and O–H groups in total. The van der Waals surface area contributed by atoms with Gasteiger partial charge < -0.3 is 0 Å². The largest absolute Gasteiger partial charge is 0.298 e. The Morgan fingerprint density at radius 2 is 2.20 bits per heavy atom. The Labute approximate surface area is 92.1 Å². The van der Waals surface area contributed by atoms with Gasteiger partial charge in [-0.25, -0.2) is 0 Å². The van der Waals surface area contributed by atoms with E-state index in [0.29, 0.717) is 5.56 Å². The van der Waals surface area contributed by atoms with Crippen molar-refractivity contribution in [3.8, 4) is 0 Å². The third kappa shape index (κ3) is 2.27. The second-order valence-corrected chi connectivity index (χ2v) is 4.22. The molecule has 1 aromatic carbocycles. The smallest absolute Gasteiger partial charge is 0.151 e. The molecular formula is C11H10N2OS. The van der Waals surface area contributed by atoms with E-state index in [2.05, 4.69) is 5.10 Å². The highest BCUT2D eigenvalue weighted by Gasteiger charge is 2.03. The maximum absolute atomic E-state index is 10.8. The maximum Gasteiger partial charge on any atom is 0.151 e. The zero-order valence-electron chi connectivity index (χ0n) is 8.25. The fraction of sp³-hybridized carbons (Fsp3) is 0.0909. The first-order valence-corrected chi connectivity index (χ1v) is 5.32. The van der Waals surface area contributed by atoms with Gasteiger partial charge in [0.05, 0.1) is 11.1 Å². The van der Waals surface area contributed by atoms with Crippen LogP contribution in [0.25, 0.3) is 0 Å². The Morgan fingerprint density at radius 3 is 2.87 bits per heavy atom. The lowest BCUT2D eigenvalue weighted by Gasteiger charge is -2.00. The van der Waals surface area contributed by atoms with Gasteiger partial charge in [-0.3, -0.25) is 9.48 Å². The molecular weight excluding hydrogens is 208 g/mol. The van der Waals surface area contributed by atoms with E-state index >= 15 is 0 Å². The molecule has 0 aliphatic carbocycles. The van der Waals surface area contributed by atoms with Gasteiger partial charge in [-0.05, 0) is 6.07 Å². The first-order valence-electron chi connectivity index (χ1n) is 4.50. The van der Waals surface area contributed by atoms with Crippen LogP contribution >= 0.6 is 11.8 Å². The lowest BCUT2D eigenvalue weighted by atomic mass is 10.2. The van der Waals surface area contributed by atoms with Gasteiger partial charge in [0.25, 0.3) is 0 Å². The molecule has 0 fully saturated rings. The van der Waals surface area contributed by atoms with Crippen LogP contribution in [0.5, 0.6) is 0 Å². The number of aryl methyl sites for hydroxylation is 1. The standard InChI is InChI=1S/C11H10N2OS/c1-13-7-10(6-12-13)15-11-5-3-2-4-9(11)8-14/h2-8H,1H3. The number of carbonyl (C=O) groups excluding carboxylic acids is 1. The minimum atomic E-state index is 0.714. The van der Waals surface area contributed by atoms with Gasteiger partial charge in [-0.1, -0.05) is 30.0 Å². The van der Waals surface area contributed by atoms with Gasteiger partial charge in [0.15, 0.2) is 6.29 Å². The van der Waals surface area contributed by atoms with Gasteiger partial charge in [-0.15, -0.1) is 0 Å². The van der Waals surface area contributed by atoms with Crippen molar-refractivity contribution < 1.29 is 4.79 Å². The van der Waals surface area contributed by atoms with Crippen LogP contribution in [0, 0.1) is 0 Å². The monoisotopic (exact) mass is 218 g/mol. The van der Waals surface area contributed by atoms with E-state index in [9.17, 15) is 4.79 Å². The Morgan fingerprint density at radius 1 is 1.40 bits per heavy atom. The van der Waals surface area contributed by atoms with Gasteiger partial charge in [-0.2, -0.15) is 5.10 Å². The molecule has 4 heteroatoms. The van der Waals surface area contributed by atoms with Gasteiger partial charge in [0, 0.05) is 23.7 Å². The molecule has 0 bridgehead atoms. The Kier molecular flexibility index (Phi) is 2.87. The topological polar surface area (TPSA) is 34.9 Å². The summed E-state index contributed by atoms with van der Waals surface area (Å²) in [5, 5.41) is 4.08. The maximum atomic E-state index is 10.8. The zero-order chi connectivity index (χ0) is 10.7. The van der Waals surface area contributed by atoms with E-state index < -0.39 is 0 Å². The SMILES string of the molecule is Cn1cc(Sc2ccccc2C=O)cn1. The molecule has 76 valence electrons. The van der Waals surface area contributed by atoms with Gasteiger partial charge >= 0.3 is 0 Å². The fourth-order valence-electron chi connectivity index (χ4n) is 1.25. The molecule has 0 radical (unpaired) electrons. The second kappa shape index (κ2) is 4.31. The van der Waals surface area contributed by atoms with Crippen LogP contribution in [0.4, 0.5) is 0 Å². The first kappa shape index (κ1) is 9.98. The summed E-state index contributed by atoms with van der Waals surface area (Å²) in [5.41, 5.74) is 0.714. The molecule has 0 amide bonds. The number of nitrogens with zero attached hydrogens (tertiary/aromatic N) is 2. The van der Waals surface area contributed by atoms with Crippen LogP contribution in [-0.2, 0) is 7.05 Å². The van der Waals surface area contributed by atoms with E-state index in [4.69, 9.17) is 0 Å². The molecule has 0 saturated carbocycles. The zero-order valence-corrected chi connectivity index (χ0v) is 9.07. The minimum absolute atomic E-state index is 0.714. The van der Waals surface area contributed by atoms with Crippen molar-refractivity contribution in [3.05, 3.63) is 42.2 Å². The number of aldehydes is 1. The Balaban J connectivity index is 2.27. The van der Waals surface area contributed by atoms with E-state index in [0.717, 1.165) is 16.1 Å². The normalized spacial score (nSPS) is 10.2. The summed E-state index contributed by atoms with van der Waals surface area (Å²) in [6.07, 6.45) is 4.58. The number of hydrogen-bond donors (Lipinski definition) is 0. The van der Waals surface area contributed by atoms with Crippen molar-refractivity contribution in [2.75, 3.05) is 0 Å². The summed E-state index contributed by atoms with van der Waals surface area (Å²) in [6, 6.07) is 7.52. The summed E-state index contributed by atoms with van der Waals surface area (Å²) in [7, 11) is 1.87.